The lowest BCUT2D eigenvalue weighted by Gasteiger charge is -2.17. The summed E-state index contributed by atoms with van der Waals surface area (Å²) in [6.07, 6.45) is 4.52. The van der Waals surface area contributed by atoms with Crippen LogP contribution in [0.1, 0.15) is 36.0 Å². The number of carboxylic acids is 1. The predicted octanol–water partition coefficient (Wildman–Crippen LogP) is 3.86. The Labute approximate surface area is 111 Å². The molecular formula is C16H16O3. The van der Waals surface area contributed by atoms with Gasteiger partial charge in [0.2, 0.25) is 0 Å². The molecule has 0 amide bonds. The van der Waals surface area contributed by atoms with E-state index in [1.54, 1.807) is 6.07 Å². The van der Waals surface area contributed by atoms with Gasteiger partial charge in [-0.05, 0) is 37.1 Å². The summed E-state index contributed by atoms with van der Waals surface area (Å²) >= 11 is 0. The maximum Gasteiger partial charge on any atom is 0.339 e. The fourth-order valence-electron chi connectivity index (χ4n) is 2.71. The normalized spacial score (nSPS) is 15.8. The number of benzene rings is 2. The minimum absolute atomic E-state index is 0.156. The van der Waals surface area contributed by atoms with Gasteiger partial charge in [-0.1, -0.05) is 30.3 Å². The molecule has 0 radical (unpaired) electrons. The molecule has 3 nitrogen and oxygen atoms in total. The van der Waals surface area contributed by atoms with Crippen molar-refractivity contribution in [2.75, 3.05) is 0 Å². The number of rotatable bonds is 3. The zero-order valence-corrected chi connectivity index (χ0v) is 10.6. The van der Waals surface area contributed by atoms with E-state index < -0.39 is 5.97 Å². The molecule has 1 aliphatic carbocycles. The van der Waals surface area contributed by atoms with Gasteiger partial charge in [-0.3, -0.25) is 0 Å². The van der Waals surface area contributed by atoms with Crippen LogP contribution in [0, 0.1) is 0 Å². The molecule has 3 rings (SSSR count). The Morgan fingerprint density at radius 3 is 2.58 bits per heavy atom. The summed E-state index contributed by atoms with van der Waals surface area (Å²) < 4.78 is 6.00. The molecule has 98 valence electrons. The molecule has 0 spiro atoms. The first-order valence-corrected chi connectivity index (χ1v) is 6.67. The monoisotopic (exact) mass is 256 g/mol. The molecule has 1 fully saturated rings. The van der Waals surface area contributed by atoms with Gasteiger partial charge >= 0.3 is 5.97 Å². The lowest BCUT2D eigenvalue weighted by Crippen LogP contribution is -2.14. The fourth-order valence-corrected chi connectivity index (χ4v) is 2.71. The average Bonchev–Trinajstić information content (AvgIpc) is 2.92. The van der Waals surface area contributed by atoms with Crippen LogP contribution >= 0.6 is 0 Å². The van der Waals surface area contributed by atoms with Gasteiger partial charge in [0.25, 0.3) is 0 Å². The second kappa shape index (κ2) is 4.92. The second-order valence-electron chi connectivity index (χ2n) is 4.99. The molecule has 1 saturated carbocycles. The topological polar surface area (TPSA) is 46.5 Å². The highest BCUT2D eigenvalue weighted by Gasteiger charge is 2.21. The van der Waals surface area contributed by atoms with Crippen LogP contribution in [-0.2, 0) is 0 Å². The molecular weight excluding hydrogens is 240 g/mol. The van der Waals surface area contributed by atoms with Crippen molar-refractivity contribution in [3.05, 3.63) is 42.0 Å². The largest absolute Gasteiger partial charge is 0.489 e. The molecule has 1 N–H and O–H groups in total. The van der Waals surface area contributed by atoms with Crippen LogP contribution in [0.25, 0.3) is 10.8 Å². The number of aromatic carboxylic acids is 1. The highest BCUT2D eigenvalue weighted by Crippen LogP contribution is 2.33. The third-order valence-corrected chi connectivity index (χ3v) is 3.70. The molecule has 1 aliphatic rings. The van der Waals surface area contributed by atoms with Gasteiger partial charge in [-0.25, -0.2) is 4.79 Å². The zero-order valence-electron chi connectivity index (χ0n) is 10.6. The minimum atomic E-state index is -0.932. The Kier molecular flexibility index (Phi) is 3.11. The van der Waals surface area contributed by atoms with Gasteiger partial charge in [-0.15, -0.1) is 0 Å². The molecule has 19 heavy (non-hydrogen) atoms. The van der Waals surface area contributed by atoms with Crippen molar-refractivity contribution >= 4 is 16.7 Å². The number of ether oxygens (including phenoxy) is 1. The van der Waals surface area contributed by atoms with E-state index in [9.17, 15) is 9.90 Å². The maximum atomic E-state index is 11.4. The van der Waals surface area contributed by atoms with E-state index in [2.05, 4.69) is 0 Å². The summed E-state index contributed by atoms with van der Waals surface area (Å²) in [5.41, 5.74) is 0.255. The van der Waals surface area contributed by atoms with Crippen molar-refractivity contribution in [2.45, 2.75) is 31.8 Å². The molecule has 2 aromatic carbocycles. The van der Waals surface area contributed by atoms with Crippen molar-refractivity contribution in [1.82, 2.24) is 0 Å². The number of fused-ring (bicyclic) bond motifs is 1. The van der Waals surface area contributed by atoms with E-state index in [-0.39, 0.29) is 11.7 Å². The Bertz CT molecular complexity index is 612. The fraction of sp³-hybridized carbons (Fsp3) is 0.312. The van der Waals surface area contributed by atoms with Crippen LogP contribution in [0.4, 0.5) is 0 Å². The van der Waals surface area contributed by atoms with E-state index >= 15 is 0 Å². The van der Waals surface area contributed by atoms with Gasteiger partial charge in [0.05, 0.1) is 6.10 Å². The molecule has 0 saturated heterocycles. The Morgan fingerprint density at radius 1 is 1.11 bits per heavy atom. The van der Waals surface area contributed by atoms with Crippen molar-refractivity contribution in [3.63, 3.8) is 0 Å². The van der Waals surface area contributed by atoms with E-state index in [0.29, 0.717) is 5.75 Å². The van der Waals surface area contributed by atoms with E-state index in [1.807, 2.05) is 30.3 Å². The lowest BCUT2D eigenvalue weighted by molar-refractivity contribution is 0.0690. The Balaban J connectivity index is 2.10. The number of hydrogen-bond acceptors (Lipinski definition) is 2. The Morgan fingerprint density at radius 2 is 1.84 bits per heavy atom. The molecule has 0 aliphatic heterocycles. The van der Waals surface area contributed by atoms with Crippen molar-refractivity contribution < 1.29 is 14.6 Å². The highest BCUT2D eigenvalue weighted by atomic mass is 16.5. The first-order valence-electron chi connectivity index (χ1n) is 6.67. The summed E-state index contributed by atoms with van der Waals surface area (Å²) in [6.45, 7) is 0. The zero-order chi connectivity index (χ0) is 13.2. The third kappa shape index (κ3) is 2.28. The highest BCUT2D eigenvalue weighted by molar-refractivity contribution is 6.00. The summed E-state index contributed by atoms with van der Waals surface area (Å²) in [7, 11) is 0. The second-order valence-corrected chi connectivity index (χ2v) is 4.99. The molecule has 0 heterocycles. The van der Waals surface area contributed by atoms with E-state index in [0.717, 1.165) is 36.5 Å². The van der Waals surface area contributed by atoms with Gasteiger partial charge in [-0.2, -0.15) is 0 Å². The van der Waals surface area contributed by atoms with Crippen LogP contribution in [0.5, 0.6) is 5.75 Å². The molecule has 2 aromatic rings. The molecule has 0 bridgehead atoms. The SMILES string of the molecule is O=C(O)c1ccc2ccccc2c1OC1CCCC1. The van der Waals surface area contributed by atoms with Crippen LogP contribution in [0.2, 0.25) is 0 Å². The minimum Gasteiger partial charge on any atom is -0.489 e. The van der Waals surface area contributed by atoms with Crippen LogP contribution in [-0.4, -0.2) is 17.2 Å². The quantitative estimate of drug-likeness (QED) is 0.907. The summed E-state index contributed by atoms with van der Waals surface area (Å²) in [5, 5.41) is 11.2. The maximum absolute atomic E-state index is 11.4. The van der Waals surface area contributed by atoms with Crippen molar-refractivity contribution in [3.8, 4) is 5.75 Å². The standard InChI is InChI=1S/C16H16O3/c17-16(18)14-10-9-11-5-1-4-8-13(11)15(14)19-12-6-2-3-7-12/h1,4-5,8-10,12H,2-3,6-7H2,(H,17,18). The van der Waals surface area contributed by atoms with Crippen LogP contribution in [0.3, 0.4) is 0 Å². The third-order valence-electron chi connectivity index (χ3n) is 3.70. The van der Waals surface area contributed by atoms with E-state index in [1.165, 1.54) is 0 Å². The number of carboxylic acid groups (broad SMARTS) is 1. The average molecular weight is 256 g/mol. The lowest BCUT2D eigenvalue weighted by atomic mass is 10.1. The van der Waals surface area contributed by atoms with Gasteiger partial charge in [0.15, 0.2) is 0 Å². The number of hydrogen-bond donors (Lipinski definition) is 1. The summed E-state index contributed by atoms with van der Waals surface area (Å²) in [4.78, 5) is 11.4. The molecule has 3 heteroatoms. The van der Waals surface area contributed by atoms with Crippen LogP contribution in [0.15, 0.2) is 36.4 Å². The first-order chi connectivity index (χ1) is 9.25. The molecule has 0 unspecified atom stereocenters. The molecule has 0 atom stereocenters. The summed E-state index contributed by atoms with van der Waals surface area (Å²) in [5.74, 6) is -0.406. The Hall–Kier alpha value is -2.03. The molecule has 0 aromatic heterocycles. The van der Waals surface area contributed by atoms with Crippen LogP contribution < -0.4 is 4.74 Å². The smallest absolute Gasteiger partial charge is 0.339 e. The summed E-state index contributed by atoms with van der Waals surface area (Å²) in [6, 6.07) is 11.2. The predicted molar refractivity (Wildman–Crippen MR) is 73.8 cm³/mol. The van der Waals surface area contributed by atoms with E-state index in [4.69, 9.17) is 4.74 Å². The van der Waals surface area contributed by atoms with Gasteiger partial charge < -0.3 is 9.84 Å². The van der Waals surface area contributed by atoms with Gasteiger partial charge in [0.1, 0.15) is 11.3 Å². The van der Waals surface area contributed by atoms with Crippen molar-refractivity contribution in [1.29, 1.82) is 0 Å². The van der Waals surface area contributed by atoms with Gasteiger partial charge in [0, 0.05) is 5.39 Å². The first kappa shape index (κ1) is 12.0. The number of carbonyl (C=O) groups is 1. The van der Waals surface area contributed by atoms with Crippen molar-refractivity contribution in [2.24, 2.45) is 0 Å².